The SMILES string of the molecule is CC1(C)CC[C@]2(c3nnc(CF)o3)CC[C@]3(C)[C@H](C(=O)C=C4[C@@]5(C)C=C(C#N)C(O)C(C)(C)[C@@H]5CC[C@]43C)[C@@H]2C1. The van der Waals surface area contributed by atoms with Crippen LogP contribution in [0.1, 0.15) is 105 Å². The lowest BCUT2D eigenvalue weighted by Crippen LogP contribution is -2.65. The number of hydrogen-bond donors (Lipinski definition) is 1. The number of nitriles is 1. The summed E-state index contributed by atoms with van der Waals surface area (Å²) in [6.45, 7) is 14.8. The maximum Gasteiger partial charge on any atom is 0.247 e. The monoisotopic (exact) mass is 549 g/mol. The molecule has 1 aromatic heterocycles. The fraction of sp³-hybridized carbons (Fsp3) is 0.758. The normalized spacial score (nSPS) is 45.1. The average Bonchev–Trinajstić information content (AvgIpc) is 3.37. The Kier molecular flexibility index (Phi) is 5.82. The van der Waals surface area contributed by atoms with E-state index in [1.165, 1.54) is 0 Å². The molecule has 1 unspecified atom stereocenters. The number of hydrogen-bond acceptors (Lipinski definition) is 6. The zero-order valence-electron chi connectivity index (χ0n) is 25.1. The van der Waals surface area contributed by atoms with Gasteiger partial charge < -0.3 is 9.52 Å². The smallest absolute Gasteiger partial charge is 0.247 e. The van der Waals surface area contributed by atoms with Gasteiger partial charge in [0.1, 0.15) is 0 Å². The number of rotatable bonds is 2. The molecule has 216 valence electrons. The first-order chi connectivity index (χ1) is 18.6. The average molecular weight is 550 g/mol. The van der Waals surface area contributed by atoms with Crippen LogP contribution in [0.15, 0.2) is 27.7 Å². The maximum absolute atomic E-state index is 14.6. The number of carbonyl (C=O) groups excluding carboxylic acids is 1. The van der Waals surface area contributed by atoms with Gasteiger partial charge in [-0.05, 0) is 84.5 Å². The standard InChI is InChI=1S/C33H44FN3O3/c1-28(2)10-12-33(27-37-36-24(17-34)40-27)13-11-32(7)25(20(33)16-28)21(38)14-23-30(5)15-19(18-35)26(39)29(3,4)22(30)8-9-31(23,32)6/h14-15,20,22,25-26,39H,8-13,16-17H2,1-7H3/t20-,22-,25-,26?,30-,31+,32+,33-/m0/s1. The molecule has 1 aromatic rings. The maximum atomic E-state index is 14.6. The summed E-state index contributed by atoms with van der Waals surface area (Å²) in [5, 5.41) is 29.5. The van der Waals surface area contributed by atoms with Gasteiger partial charge in [-0.25, -0.2) is 4.39 Å². The number of fused-ring (bicyclic) bond motifs is 7. The quantitative estimate of drug-likeness (QED) is 0.435. The summed E-state index contributed by atoms with van der Waals surface area (Å²) in [7, 11) is 0. The molecule has 3 fully saturated rings. The highest BCUT2D eigenvalue weighted by Crippen LogP contribution is 2.74. The first kappa shape index (κ1) is 27.8. The van der Waals surface area contributed by atoms with Crippen LogP contribution < -0.4 is 0 Å². The van der Waals surface area contributed by atoms with Gasteiger partial charge in [0.15, 0.2) is 12.5 Å². The van der Waals surface area contributed by atoms with Gasteiger partial charge in [0.05, 0.1) is 23.2 Å². The van der Waals surface area contributed by atoms with Crippen molar-refractivity contribution in [3.05, 3.63) is 35.1 Å². The van der Waals surface area contributed by atoms with Crippen LogP contribution in [-0.4, -0.2) is 27.2 Å². The molecule has 5 aliphatic carbocycles. The van der Waals surface area contributed by atoms with Crippen molar-refractivity contribution >= 4 is 5.78 Å². The van der Waals surface area contributed by atoms with E-state index in [-0.39, 0.29) is 45.7 Å². The molecule has 1 heterocycles. The summed E-state index contributed by atoms with van der Waals surface area (Å²) < 4.78 is 19.4. The van der Waals surface area contributed by atoms with Gasteiger partial charge in [0.25, 0.3) is 0 Å². The highest BCUT2D eigenvalue weighted by Gasteiger charge is 2.70. The molecular weight excluding hydrogens is 505 g/mol. The van der Waals surface area contributed by atoms with Gasteiger partial charge in [-0.1, -0.05) is 60.1 Å². The second-order valence-corrected chi connectivity index (χ2v) is 15.8. The summed E-state index contributed by atoms with van der Waals surface area (Å²) in [6.07, 6.45) is 9.36. The van der Waals surface area contributed by atoms with E-state index < -0.39 is 29.0 Å². The van der Waals surface area contributed by atoms with Crippen LogP contribution in [0.5, 0.6) is 0 Å². The van der Waals surface area contributed by atoms with Crippen molar-refractivity contribution in [2.45, 2.75) is 112 Å². The van der Waals surface area contributed by atoms with E-state index in [0.29, 0.717) is 11.5 Å². The summed E-state index contributed by atoms with van der Waals surface area (Å²) in [6, 6.07) is 2.28. The molecule has 3 saturated carbocycles. The lowest BCUT2D eigenvalue weighted by Gasteiger charge is -2.69. The summed E-state index contributed by atoms with van der Waals surface area (Å²) in [4.78, 5) is 14.6. The summed E-state index contributed by atoms with van der Waals surface area (Å²) in [5.41, 5.74) is -0.349. The second kappa shape index (κ2) is 8.37. The van der Waals surface area contributed by atoms with E-state index in [1.807, 2.05) is 12.2 Å². The van der Waals surface area contributed by atoms with Crippen molar-refractivity contribution in [3.63, 3.8) is 0 Å². The molecule has 6 nitrogen and oxygen atoms in total. The first-order valence-corrected chi connectivity index (χ1v) is 15.1. The molecule has 0 spiro atoms. The fourth-order valence-electron chi connectivity index (χ4n) is 10.7. The van der Waals surface area contributed by atoms with Crippen molar-refractivity contribution in [2.75, 3.05) is 0 Å². The molecule has 0 amide bonds. The molecule has 0 saturated heterocycles. The minimum Gasteiger partial charge on any atom is -0.422 e. The Bertz CT molecular complexity index is 1370. The number of halogens is 1. The lowest BCUT2D eigenvalue weighted by molar-refractivity contribution is -0.162. The number of carbonyl (C=O) groups is 1. The van der Waals surface area contributed by atoms with E-state index >= 15 is 0 Å². The van der Waals surface area contributed by atoms with Crippen LogP contribution in [0.4, 0.5) is 4.39 Å². The van der Waals surface area contributed by atoms with Gasteiger partial charge in [0, 0.05) is 11.3 Å². The molecule has 6 rings (SSSR count). The van der Waals surface area contributed by atoms with Crippen LogP contribution in [0.3, 0.4) is 0 Å². The minimum absolute atomic E-state index is 0.0128. The molecule has 5 aliphatic rings. The van der Waals surface area contributed by atoms with E-state index in [1.54, 1.807) is 0 Å². The Hall–Kier alpha value is -2.33. The molecular formula is C33H44FN3O3. The van der Waals surface area contributed by atoms with Crippen molar-refractivity contribution in [2.24, 2.45) is 44.8 Å². The molecule has 0 radical (unpaired) electrons. The number of allylic oxidation sites excluding steroid dienone is 3. The number of aliphatic hydroxyl groups excluding tert-OH is 1. The van der Waals surface area contributed by atoms with Gasteiger partial charge >= 0.3 is 0 Å². The van der Waals surface area contributed by atoms with Crippen molar-refractivity contribution < 1.29 is 18.7 Å². The summed E-state index contributed by atoms with van der Waals surface area (Å²) in [5.74, 6) is 0.606. The van der Waals surface area contributed by atoms with Gasteiger partial charge in [-0.2, -0.15) is 5.26 Å². The number of ketones is 1. The predicted octanol–water partition coefficient (Wildman–Crippen LogP) is 6.80. The minimum atomic E-state index is -0.813. The largest absolute Gasteiger partial charge is 0.422 e. The third-order valence-corrected chi connectivity index (χ3v) is 13.1. The Morgan fingerprint density at radius 2 is 1.77 bits per heavy atom. The van der Waals surface area contributed by atoms with Crippen LogP contribution in [0.2, 0.25) is 0 Å². The Labute approximate surface area is 237 Å². The summed E-state index contributed by atoms with van der Waals surface area (Å²) >= 11 is 0. The molecule has 0 aliphatic heterocycles. The first-order valence-electron chi connectivity index (χ1n) is 15.1. The lowest BCUT2D eigenvalue weighted by atomic mass is 9.34. The van der Waals surface area contributed by atoms with Crippen molar-refractivity contribution in [3.8, 4) is 6.07 Å². The number of aliphatic hydroxyl groups is 1. The highest BCUT2D eigenvalue weighted by molar-refractivity contribution is 5.95. The van der Waals surface area contributed by atoms with E-state index in [4.69, 9.17) is 4.42 Å². The zero-order chi connectivity index (χ0) is 29.1. The zero-order valence-corrected chi connectivity index (χ0v) is 25.1. The van der Waals surface area contributed by atoms with E-state index in [2.05, 4.69) is 64.7 Å². The second-order valence-electron chi connectivity index (χ2n) is 15.8. The van der Waals surface area contributed by atoms with Gasteiger partial charge in [0.2, 0.25) is 11.8 Å². The highest BCUT2D eigenvalue weighted by atomic mass is 19.1. The molecule has 7 heteroatoms. The Morgan fingerprint density at radius 1 is 1.07 bits per heavy atom. The van der Waals surface area contributed by atoms with Crippen molar-refractivity contribution in [1.29, 1.82) is 5.26 Å². The van der Waals surface area contributed by atoms with Crippen molar-refractivity contribution in [1.82, 2.24) is 10.2 Å². The predicted molar refractivity (Wildman–Crippen MR) is 148 cm³/mol. The fourth-order valence-corrected chi connectivity index (χ4v) is 10.7. The van der Waals surface area contributed by atoms with Crippen LogP contribution in [-0.2, 0) is 16.9 Å². The Morgan fingerprint density at radius 3 is 2.42 bits per heavy atom. The molecule has 8 atom stereocenters. The topological polar surface area (TPSA) is 100 Å². The molecule has 0 bridgehead atoms. The van der Waals surface area contributed by atoms with Crippen LogP contribution in [0, 0.1) is 56.2 Å². The van der Waals surface area contributed by atoms with Crippen LogP contribution >= 0.6 is 0 Å². The third kappa shape index (κ3) is 3.32. The molecule has 1 N–H and O–H groups in total. The van der Waals surface area contributed by atoms with Crippen LogP contribution in [0.25, 0.3) is 0 Å². The number of aromatic nitrogens is 2. The van der Waals surface area contributed by atoms with E-state index in [0.717, 1.165) is 50.5 Å². The number of nitrogens with zero attached hydrogens (tertiary/aromatic N) is 3. The third-order valence-electron chi connectivity index (χ3n) is 13.1. The number of alkyl halides is 1. The Balaban J connectivity index is 1.52. The van der Waals surface area contributed by atoms with Gasteiger partial charge in [-0.3, -0.25) is 4.79 Å². The van der Waals surface area contributed by atoms with E-state index in [9.17, 15) is 19.6 Å². The van der Waals surface area contributed by atoms with Gasteiger partial charge in [-0.15, -0.1) is 10.2 Å². The molecule has 40 heavy (non-hydrogen) atoms. The molecule has 0 aromatic carbocycles.